The minimum Gasteiger partial charge on any atom is -0.469 e. The van der Waals surface area contributed by atoms with Crippen molar-refractivity contribution >= 4 is 0 Å². The molecule has 1 unspecified atom stereocenters. The molecule has 4 heteroatoms. The summed E-state index contributed by atoms with van der Waals surface area (Å²) in [7, 11) is 2.15. The molecule has 1 aromatic rings. The number of nitrogens with zero attached hydrogens (tertiary/aromatic N) is 1. The molecule has 1 saturated heterocycles. The second-order valence-corrected chi connectivity index (χ2v) is 4.75. The second-order valence-electron chi connectivity index (χ2n) is 4.75. The van der Waals surface area contributed by atoms with E-state index in [4.69, 9.17) is 9.15 Å². The number of nitrogens with one attached hydrogen (secondary N) is 1. The molecular formula is C13H22N2O2. The molecule has 0 amide bonds. The Morgan fingerprint density at radius 2 is 2.41 bits per heavy atom. The van der Waals surface area contributed by atoms with E-state index < -0.39 is 0 Å². The van der Waals surface area contributed by atoms with Crippen LogP contribution in [-0.2, 0) is 11.3 Å². The fourth-order valence-corrected chi connectivity index (χ4v) is 2.13. The highest BCUT2D eigenvalue weighted by atomic mass is 16.5. The van der Waals surface area contributed by atoms with Crippen molar-refractivity contribution in [3.63, 3.8) is 0 Å². The number of ether oxygens (including phenoxy) is 1. The first-order chi connectivity index (χ1) is 8.25. The Balaban J connectivity index is 1.70. The van der Waals surface area contributed by atoms with Crippen LogP contribution >= 0.6 is 0 Å². The average Bonchev–Trinajstić information content (AvgIpc) is 2.74. The third kappa shape index (κ3) is 3.84. The monoisotopic (exact) mass is 238 g/mol. The molecule has 17 heavy (non-hydrogen) atoms. The lowest BCUT2D eigenvalue weighted by molar-refractivity contribution is 0.0707. The van der Waals surface area contributed by atoms with Gasteiger partial charge in [-0.1, -0.05) is 0 Å². The smallest absolute Gasteiger partial charge is 0.105 e. The molecule has 0 radical (unpaired) electrons. The van der Waals surface area contributed by atoms with Crippen molar-refractivity contribution in [3.05, 3.63) is 23.7 Å². The van der Waals surface area contributed by atoms with Gasteiger partial charge in [0.05, 0.1) is 19.5 Å². The molecular weight excluding hydrogens is 216 g/mol. The first-order valence-corrected chi connectivity index (χ1v) is 6.28. The van der Waals surface area contributed by atoms with Crippen molar-refractivity contribution in [2.24, 2.45) is 0 Å². The summed E-state index contributed by atoms with van der Waals surface area (Å²) in [6.07, 6.45) is 2.89. The minimum absolute atomic E-state index is 0.511. The summed E-state index contributed by atoms with van der Waals surface area (Å²) in [4.78, 5) is 2.33. The van der Waals surface area contributed by atoms with Crippen molar-refractivity contribution in [3.8, 4) is 0 Å². The highest BCUT2D eigenvalue weighted by molar-refractivity contribution is 5.14. The van der Waals surface area contributed by atoms with Crippen LogP contribution in [0.25, 0.3) is 0 Å². The van der Waals surface area contributed by atoms with Crippen molar-refractivity contribution in [2.45, 2.75) is 25.9 Å². The Hall–Kier alpha value is -0.840. The van der Waals surface area contributed by atoms with Crippen LogP contribution in [0.3, 0.4) is 0 Å². The van der Waals surface area contributed by atoms with E-state index in [2.05, 4.69) is 17.3 Å². The largest absolute Gasteiger partial charge is 0.469 e. The normalized spacial score (nSPS) is 21.0. The van der Waals surface area contributed by atoms with Gasteiger partial charge in [-0.15, -0.1) is 0 Å². The Kier molecular flexibility index (Phi) is 4.59. The van der Waals surface area contributed by atoms with E-state index in [-0.39, 0.29) is 0 Å². The van der Waals surface area contributed by atoms with Crippen molar-refractivity contribution in [2.75, 3.05) is 33.4 Å². The molecule has 4 nitrogen and oxygen atoms in total. The molecule has 1 atom stereocenters. The maximum atomic E-state index is 5.44. The third-order valence-electron chi connectivity index (χ3n) is 3.26. The van der Waals surface area contributed by atoms with Crippen LogP contribution < -0.4 is 5.32 Å². The van der Waals surface area contributed by atoms with Gasteiger partial charge in [-0.25, -0.2) is 0 Å². The number of aryl methyl sites for hydroxylation is 1. The molecule has 96 valence electrons. The van der Waals surface area contributed by atoms with Crippen LogP contribution in [0.15, 0.2) is 16.7 Å². The van der Waals surface area contributed by atoms with Crippen molar-refractivity contribution < 1.29 is 9.15 Å². The molecule has 2 rings (SSSR count). The number of furan rings is 1. The summed E-state index contributed by atoms with van der Waals surface area (Å²) in [5.41, 5.74) is 1.28. The van der Waals surface area contributed by atoms with Crippen LogP contribution in [0.2, 0.25) is 0 Å². The van der Waals surface area contributed by atoms with Crippen LogP contribution in [-0.4, -0.2) is 44.3 Å². The molecule has 0 bridgehead atoms. The third-order valence-corrected chi connectivity index (χ3v) is 3.26. The summed E-state index contributed by atoms with van der Waals surface area (Å²) < 4.78 is 10.7. The molecule has 2 heterocycles. The molecule has 1 aliphatic heterocycles. The second kappa shape index (κ2) is 6.19. The van der Waals surface area contributed by atoms with Gasteiger partial charge in [0, 0.05) is 24.7 Å². The van der Waals surface area contributed by atoms with E-state index in [1.54, 1.807) is 6.26 Å². The van der Waals surface area contributed by atoms with Gasteiger partial charge < -0.3 is 19.4 Å². The first-order valence-electron chi connectivity index (χ1n) is 6.28. The van der Waals surface area contributed by atoms with E-state index in [1.165, 1.54) is 5.56 Å². The number of rotatable bonds is 5. The quantitative estimate of drug-likeness (QED) is 0.841. The molecule has 1 fully saturated rings. The Morgan fingerprint density at radius 3 is 3.06 bits per heavy atom. The SMILES string of the molecule is Cc1occc1CN(C)CCC1COCCN1. The van der Waals surface area contributed by atoms with Crippen LogP contribution in [0.4, 0.5) is 0 Å². The Labute approximate surface area is 103 Å². The maximum absolute atomic E-state index is 5.44. The van der Waals surface area contributed by atoms with Crippen molar-refractivity contribution in [1.82, 2.24) is 10.2 Å². The van der Waals surface area contributed by atoms with Gasteiger partial charge >= 0.3 is 0 Å². The summed E-state index contributed by atoms with van der Waals surface area (Å²) in [6, 6.07) is 2.56. The van der Waals surface area contributed by atoms with E-state index in [1.807, 2.05) is 13.0 Å². The molecule has 0 aliphatic carbocycles. The maximum Gasteiger partial charge on any atom is 0.105 e. The number of hydrogen-bond acceptors (Lipinski definition) is 4. The van der Waals surface area contributed by atoms with Gasteiger partial charge in [-0.05, 0) is 33.0 Å². The lowest BCUT2D eigenvalue weighted by Crippen LogP contribution is -2.42. The highest BCUT2D eigenvalue weighted by Gasteiger charge is 2.13. The molecule has 1 N–H and O–H groups in total. The van der Waals surface area contributed by atoms with E-state index in [9.17, 15) is 0 Å². The number of hydrogen-bond donors (Lipinski definition) is 1. The molecule has 0 aromatic carbocycles. The molecule has 1 aromatic heterocycles. The van der Waals surface area contributed by atoms with E-state index in [0.717, 1.165) is 45.0 Å². The summed E-state index contributed by atoms with van der Waals surface area (Å²) >= 11 is 0. The van der Waals surface area contributed by atoms with Gasteiger partial charge in [0.15, 0.2) is 0 Å². The molecule has 0 spiro atoms. The van der Waals surface area contributed by atoms with Gasteiger partial charge in [0.2, 0.25) is 0 Å². The fourth-order valence-electron chi connectivity index (χ4n) is 2.13. The van der Waals surface area contributed by atoms with Gasteiger partial charge in [-0.2, -0.15) is 0 Å². The van der Waals surface area contributed by atoms with Gasteiger partial charge in [0.25, 0.3) is 0 Å². The minimum atomic E-state index is 0.511. The Morgan fingerprint density at radius 1 is 1.53 bits per heavy atom. The van der Waals surface area contributed by atoms with Crippen LogP contribution in [0.1, 0.15) is 17.7 Å². The van der Waals surface area contributed by atoms with E-state index >= 15 is 0 Å². The predicted octanol–water partition coefficient (Wildman–Crippen LogP) is 1.40. The lowest BCUT2D eigenvalue weighted by Gasteiger charge is -2.26. The van der Waals surface area contributed by atoms with Crippen molar-refractivity contribution in [1.29, 1.82) is 0 Å². The standard InChI is InChI=1S/C13H22N2O2/c1-11-12(4-7-17-11)9-15(2)6-3-13-10-16-8-5-14-13/h4,7,13-14H,3,5-6,8-10H2,1-2H3. The molecule has 1 aliphatic rings. The Bertz CT molecular complexity index is 332. The molecule has 0 saturated carbocycles. The zero-order chi connectivity index (χ0) is 12.1. The lowest BCUT2D eigenvalue weighted by atomic mass is 10.2. The zero-order valence-corrected chi connectivity index (χ0v) is 10.7. The zero-order valence-electron chi connectivity index (χ0n) is 10.7. The van der Waals surface area contributed by atoms with Gasteiger partial charge in [-0.3, -0.25) is 0 Å². The number of morpholine rings is 1. The van der Waals surface area contributed by atoms with Gasteiger partial charge in [0.1, 0.15) is 5.76 Å². The van der Waals surface area contributed by atoms with Crippen LogP contribution in [0.5, 0.6) is 0 Å². The fraction of sp³-hybridized carbons (Fsp3) is 0.692. The summed E-state index contributed by atoms with van der Waals surface area (Å²) in [5, 5.41) is 3.47. The summed E-state index contributed by atoms with van der Waals surface area (Å²) in [5.74, 6) is 1.02. The van der Waals surface area contributed by atoms with Crippen LogP contribution in [0, 0.1) is 6.92 Å². The van der Waals surface area contributed by atoms with E-state index in [0.29, 0.717) is 6.04 Å². The topological polar surface area (TPSA) is 37.6 Å². The average molecular weight is 238 g/mol. The predicted molar refractivity (Wildman–Crippen MR) is 67.0 cm³/mol. The highest BCUT2D eigenvalue weighted by Crippen LogP contribution is 2.11. The first kappa shape index (κ1) is 12.6. The summed E-state index contributed by atoms with van der Waals surface area (Å²) in [6.45, 7) is 6.72.